The highest BCUT2D eigenvalue weighted by Crippen LogP contribution is 2.33. The number of hydrogen-bond donors (Lipinski definition) is 2. The first-order valence-electron chi connectivity index (χ1n) is 13.5. The van der Waals surface area contributed by atoms with Crippen molar-refractivity contribution in [2.24, 2.45) is 0 Å². The Balaban J connectivity index is 1.42. The smallest absolute Gasteiger partial charge is 0.284 e. The number of carbonyl (C=O) groups is 2. The number of amides is 2. The summed E-state index contributed by atoms with van der Waals surface area (Å²) >= 11 is 0. The summed E-state index contributed by atoms with van der Waals surface area (Å²) in [5.41, 5.74) is 1.07. The van der Waals surface area contributed by atoms with Gasteiger partial charge in [-0.3, -0.25) is 24.0 Å². The van der Waals surface area contributed by atoms with Crippen molar-refractivity contribution in [3.8, 4) is 22.9 Å². The predicted molar refractivity (Wildman–Crippen MR) is 161 cm³/mol. The minimum absolute atomic E-state index is 0.0537. The average Bonchev–Trinajstić information content (AvgIpc) is 3.22. The van der Waals surface area contributed by atoms with Gasteiger partial charge in [-0.25, -0.2) is 9.07 Å². The van der Waals surface area contributed by atoms with E-state index in [-0.39, 0.29) is 35.5 Å². The molecule has 2 amide bonds. The molecule has 0 saturated heterocycles. The maximum atomic E-state index is 15.2. The second kappa shape index (κ2) is 12.2. The van der Waals surface area contributed by atoms with Gasteiger partial charge in [-0.15, -0.1) is 0 Å². The molecule has 3 aromatic carbocycles. The molecule has 2 N–H and O–H groups in total. The molecule has 2 heterocycles. The van der Waals surface area contributed by atoms with Gasteiger partial charge in [0, 0.05) is 42.4 Å². The van der Waals surface area contributed by atoms with Crippen LogP contribution in [0.5, 0.6) is 17.2 Å². The van der Waals surface area contributed by atoms with Crippen molar-refractivity contribution in [3.05, 3.63) is 106 Å². The Bertz CT molecular complexity index is 1880. The van der Waals surface area contributed by atoms with Crippen molar-refractivity contribution in [1.82, 2.24) is 19.7 Å². The summed E-state index contributed by atoms with van der Waals surface area (Å²) in [5.74, 6) is -0.642. The Morgan fingerprint density at radius 3 is 2.49 bits per heavy atom. The van der Waals surface area contributed by atoms with E-state index in [1.165, 1.54) is 23.7 Å². The Kier molecular flexibility index (Phi) is 8.24. The number of pyridine rings is 1. The van der Waals surface area contributed by atoms with E-state index in [1.54, 1.807) is 80.4 Å². The zero-order chi connectivity index (χ0) is 30.7. The number of para-hydroxylation sites is 1. The molecule has 0 radical (unpaired) electrons. The van der Waals surface area contributed by atoms with Crippen molar-refractivity contribution in [2.45, 2.75) is 33.4 Å². The number of hydrogen-bond acceptors (Lipinski definition) is 6. The summed E-state index contributed by atoms with van der Waals surface area (Å²) in [6.07, 6.45) is 1.55. The summed E-state index contributed by atoms with van der Waals surface area (Å²) in [4.78, 5) is 42.9. The van der Waals surface area contributed by atoms with Crippen LogP contribution in [-0.2, 0) is 11.3 Å². The molecule has 220 valence electrons. The molecule has 5 aromatic rings. The predicted octanol–water partition coefficient (Wildman–Crippen LogP) is 5.21. The Hall–Kier alpha value is -5.45. The van der Waals surface area contributed by atoms with E-state index >= 15 is 4.39 Å². The molecule has 0 spiro atoms. The van der Waals surface area contributed by atoms with Gasteiger partial charge in [-0.2, -0.15) is 0 Å². The van der Waals surface area contributed by atoms with Crippen LogP contribution in [-0.4, -0.2) is 39.3 Å². The SMILES string of the molecule is COc1ccc2c(Oc3ccc(NC(=O)c4c(C)n(C[C@H](C)NC(C)=O)n(-c5ccccc5)c4=O)cc3F)ccnc2c1. The van der Waals surface area contributed by atoms with Crippen molar-refractivity contribution < 1.29 is 23.5 Å². The molecule has 0 saturated carbocycles. The van der Waals surface area contributed by atoms with E-state index in [9.17, 15) is 14.4 Å². The molecule has 0 bridgehead atoms. The number of methoxy groups -OCH3 is 1. The zero-order valence-electron chi connectivity index (χ0n) is 24.1. The first-order valence-corrected chi connectivity index (χ1v) is 13.5. The second-order valence-corrected chi connectivity index (χ2v) is 9.99. The molecule has 0 fully saturated rings. The van der Waals surface area contributed by atoms with Crippen molar-refractivity contribution in [1.29, 1.82) is 0 Å². The first kappa shape index (κ1) is 29.1. The number of anilines is 1. The number of nitrogens with zero attached hydrogens (tertiary/aromatic N) is 3. The van der Waals surface area contributed by atoms with Gasteiger partial charge in [0.25, 0.3) is 11.5 Å². The van der Waals surface area contributed by atoms with Gasteiger partial charge in [0.1, 0.15) is 17.1 Å². The third kappa shape index (κ3) is 6.10. The van der Waals surface area contributed by atoms with Gasteiger partial charge in [0.2, 0.25) is 5.91 Å². The molecule has 0 aliphatic carbocycles. The summed E-state index contributed by atoms with van der Waals surface area (Å²) in [6, 6.07) is 19.5. The van der Waals surface area contributed by atoms with Gasteiger partial charge in [-0.05, 0) is 56.3 Å². The Morgan fingerprint density at radius 2 is 1.79 bits per heavy atom. The van der Waals surface area contributed by atoms with Gasteiger partial charge in [0.05, 0.1) is 30.6 Å². The summed E-state index contributed by atoms with van der Waals surface area (Å²) in [6.45, 7) is 5.11. The summed E-state index contributed by atoms with van der Waals surface area (Å²) in [5, 5.41) is 6.11. The van der Waals surface area contributed by atoms with Crippen LogP contribution in [0.4, 0.5) is 10.1 Å². The maximum Gasteiger partial charge on any atom is 0.284 e. The van der Waals surface area contributed by atoms with Crippen LogP contribution in [0, 0.1) is 12.7 Å². The largest absolute Gasteiger partial charge is 0.497 e. The van der Waals surface area contributed by atoms with Crippen molar-refractivity contribution in [3.63, 3.8) is 0 Å². The number of ether oxygens (including phenoxy) is 2. The number of aromatic nitrogens is 3. The summed E-state index contributed by atoms with van der Waals surface area (Å²) < 4.78 is 29.3. The van der Waals surface area contributed by atoms with E-state index in [4.69, 9.17) is 9.47 Å². The topological polar surface area (TPSA) is 116 Å². The Labute approximate surface area is 246 Å². The maximum absolute atomic E-state index is 15.2. The van der Waals surface area contributed by atoms with Crippen molar-refractivity contribution >= 4 is 28.4 Å². The first-order chi connectivity index (χ1) is 20.7. The molecule has 5 rings (SSSR count). The molecular weight excluding hydrogens is 553 g/mol. The van der Waals surface area contributed by atoms with Crippen molar-refractivity contribution in [2.75, 3.05) is 12.4 Å². The number of carbonyl (C=O) groups excluding carboxylic acids is 2. The van der Waals surface area contributed by atoms with Gasteiger partial charge in [0.15, 0.2) is 11.6 Å². The average molecular weight is 584 g/mol. The quantitative estimate of drug-likeness (QED) is 0.246. The van der Waals surface area contributed by atoms with Gasteiger partial charge >= 0.3 is 0 Å². The van der Waals surface area contributed by atoms with Crippen LogP contribution in [0.15, 0.2) is 83.8 Å². The van der Waals surface area contributed by atoms with Gasteiger partial charge in [-0.1, -0.05) is 18.2 Å². The number of benzene rings is 3. The fourth-order valence-electron chi connectivity index (χ4n) is 4.90. The lowest BCUT2D eigenvalue weighted by Gasteiger charge is -2.18. The molecule has 43 heavy (non-hydrogen) atoms. The lowest BCUT2D eigenvalue weighted by molar-refractivity contribution is -0.119. The highest BCUT2D eigenvalue weighted by atomic mass is 19.1. The highest BCUT2D eigenvalue weighted by molar-refractivity contribution is 6.05. The molecule has 0 aliphatic rings. The molecule has 1 atom stereocenters. The number of rotatable bonds is 9. The van der Waals surface area contributed by atoms with Crippen LogP contribution >= 0.6 is 0 Å². The molecule has 0 unspecified atom stereocenters. The highest BCUT2D eigenvalue weighted by Gasteiger charge is 2.25. The van der Waals surface area contributed by atoms with E-state index in [1.807, 2.05) is 6.07 Å². The lowest BCUT2D eigenvalue weighted by atomic mass is 10.2. The number of halogens is 1. The van der Waals surface area contributed by atoms with Crippen LogP contribution in [0.1, 0.15) is 29.9 Å². The van der Waals surface area contributed by atoms with Crippen LogP contribution in [0.25, 0.3) is 16.6 Å². The minimum atomic E-state index is -0.712. The van der Waals surface area contributed by atoms with E-state index in [0.717, 1.165) is 6.07 Å². The monoisotopic (exact) mass is 583 g/mol. The standard InChI is InChI=1S/C32H30FN5O5/c1-19(35-21(3)39)18-37-20(2)30(32(41)38(37)23-8-6-5-7-9-23)31(40)36-22-10-13-29(26(33)16-22)43-28-14-15-34-27-17-24(42-4)11-12-25(27)28/h5-17,19H,18H2,1-4H3,(H,35,39)(H,36,40)/t19-/m0/s1. The third-order valence-corrected chi connectivity index (χ3v) is 6.84. The summed E-state index contributed by atoms with van der Waals surface area (Å²) in [7, 11) is 1.56. The van der Waals surface area contributed by atoms with Gasteiger partial charge < -0.3 is 20.1 Å². The fraction of sp³-hybridized carbons (Fsp3) is 0.188. The minimum Gasteiger partial charge on any atom is -0.497 e. The zero-order valence-corrected chi connectivity index (χ0v) is 24.1. The molecule has 10 nitrogen and oxygen atoms in total. The Morgan fingerprint density at radius 1 is 1.02 bits per heavy atom. The second-order valence-electron chi connectivity index (χ2n) is 9.99. The number of nitrogens with one attached hydrogen (secondary N) is 2. The van der Waals surface area contributed by atoms with Crippen LogP contribution < -0.4 is 25.7 Å². The van der Waals surface area contributed by atoms with Crippen LogP contribution in [0.3, 0.4) is 0 Å². The molecular formula is C32H30FN5O5. The molecule has 11 heteroatoms. The lowest BCUT2D eigenvalue weighted by Crippen LogP contribution is -2.36. The van der Waals surface area contributed by atoms with E-state index in [2.05, 4.69) is 15.6 Å². The fourth-order valence-corrected chi connectivity index (χ4v) is 4.90. The normalized spacial score (nSPS) is 11.7. The molecule has 0 aliphatic heterocycles. The number of fused-ring (bicyclic) bond motifs is 1. The third-order valence-electron chi connectivity index (χ3n) is 6.84. The molecule has 2 aromatic heterocycles. The van der Waals surface area contributed by atoms with E-state index in [0.29, 0.717) is 33.8 Å². The van der Waals surface area contributed by atoms with E-state index < -0.39 is 17.3 Å². The van der Waals surface area contributed by atoms with Crippen LogP contribution in [0.2, 0.25) is 0 Å².